The standard InChI is InChI=1S/C8H14BrNO3/c1-8(2,7(12)13-3)10-6(11)4-5-9/h4-5H2,1-3H3,(H,10,11). The van der Waals surface area contributed by atoms with Crippen LogP contribution in [-0.4, -0.2) is 29.9 Å². The fourth-order valence-corrected chi connectivity index (χ4v) is 1.16. The van der Waals surface area contributed by atoms with E-state index in [-0.39, 0.29) is 5.91 Å². The van der Waals surface area contributed by atoms with Crippen LogP contribution in [0.1, 0.15) is 20.3 Å². The van der Waals surface area contributed by atoms with E-state index in [0.717, 1.165) is 0 Å². The van der Waals surface area contributed by atoms with E-state index in [1.54, 1.807) is 13.8 Å². The van der Waals surface area contributed by atoms with Gasteiger partial charge in [0.1, 0.15) is 5.54 Å². The second kappa shape index (κ2) is 5.21. The van der Waals surface area contributed by atoms with Crippen LogP contribution in [-0.2, 0) is 14.3 Å². The zero-order chi connectivity index (χ0) is 10.5. The van der Waals surface area contributed by atoms with Crippen LogP contribution < -0.4 is 5.32 Å². The van der Waals surface area contributed by atoms with Gasteiger partial charge < -0.3 is 10.1 Å². The summed E-state index contributed by atoms with van der Waals surface area (Å²) in [7, 11) is 1.29. The fourth-order valence-electron chi connectivity index (χ4n) is 0.803. The van der Waals surface area contributed by atoms with Gasteiger partial charge in [0.25, 0.3) is 0 Å². The summed E-state index contributed by atoms with van der Waals surface area (Å²) in [6.07, 6.45) is 0.348. The van der Waals surface area contributed by atoms with Gasteiger partial charge in [-0.3, -0.25) is 4.79 Å². The van der Waals surface area contributed by atoms with Gasteiger partial charge in [-0.1, -0.05) is 15.9 Å². The monoisotopic (exact) mass is 251 g/mol. The number of alkyl halides is 1. The zero-order valence-corrected chi connectivity index (χ0v) is 9.60. The molecule has 1 N–H and O–H groups in total. The Morgan fingerprint density at radius 2 is 2.00 bits per heavy atom. The average Bonchev–Trinajstić information content (AvgIpc) is 2.02. The summed E-state index contributed by atoms with van der Waals surface area (Å²) in [6.45, 7) is 3.20. The number of rotatable bonds is 4. The van der Waals surface area contributed by atoms with E-state index < -0.39 is 11.5 Å². The van der Waals surface area contributed by atoms with Crippen LogP contribution in [0.2, 0.25) is 0 Å². The van der Waals surface area contributed by atoms with E-state index in [0.29, 0.717) is 11.8 Å². The van der Waals surface area contributed by atoms with Crippen molar-refractivity contribution in [3.63, 3.8) is 0 Å². The van der Waals surface area contributed by atoms with E-state index in [2.05, 4.69) is 26.0 Å². The van der Waals surface area contributed by atoms with E-state index in [1.165, 1.54) is 7.11 Å². The Balaban J connectivity index is 4.16. The summed E-state index contributed by atoms with van der Waals surface area (Å²) < 4.78 is 4.53. The highest BCUT2D eigenvalue weighted by molar-refractivity contribution is 9.09. The molecule has 0 heterocycles. The van der Waals surface area contributed by atoms with E-state index in [1.807, 2.05) is 0 Å². The first-order valence-electron chi connectivity index (χ1n) is 3.89. The first-order chi connectivity index (χ1) is 5.94. The van der Waals surface area contributed by atoms with Gasteiger partial charge >= 0.3 is 5.97 Å². The maximum Gasteiger partial charge on any atom is 0.330 e. The largest absolute Gasteiger partial charge is 0.467 e. The van der Waals surface area contributed by atoms with E-state index in [4.69, 9.17) is 0 Å². The second-order valence-electron chi connectivity index (χ2n) is 3.10. The van der Waals surface area contributed by atoms with Gasteiger partial charge in [0, 0.05) is 11.8 Å². The Labute approximate surface area is 86.1 Å². The van der Waals surface area contributed by atoms with Gasteiger partial charge in [0.2, 0.25) is 5.91 Å². The molecule has 1 amide bonds. The van der Waals surface area contributed by atoms with Crippen molar-refractivity contribution < 1.29 is 14.3 Å². The zero-order valence-electron chi connectivity index (χ0n) is 8.02. The molecule has 5 heteroatoms. The molecule has 0 unspecified atom stereocenters. The third-order valence-corrected chi connectivity index (χ3v) is 1.87. The number of ether oxygens (including phenoxy) is 1. The number of methoxy groups -OCH3 is 1. The van der Waals surface area contributed by atoms with Crippen molar-refractivity contribution in [2.75, 3.05) is 12.4 Å². The highest BCUT2D eigenvalue weighted by Gasteiger charge is 2.29. The van der Waals surface area contributed by atoms with Crippen molar-refractivity contribution in [1.29, 1.82) is 0 Å². The number of nitrogens with one attached hydrogen (secondary N) is 1. The van der Waals surface area contributed by atoms with Gasteiger partial charge in [-0.2, -0.15) is 0 Å². The molecule has 0 aromatic rings. The number of amides is 1. The third-order valence-electron chi connectivity index (χ3n) is 1.47. The summed E-state index contributed by atoms with van der Waals surface area (Å²) in [5.74, 6) is -0.623. The molecule has 0 spiro atoms. The van der Waals surface area contributed by atoms with Crippen LogP contribution in [0.15, 0.2) is 0 Å². The minimum Gasteiger partial charge on any atom is -0.467 e. The van der Waals surface area contributed by atoms with Crippen LogP contribution in [0.25, 0.3) is 0 Å². The van der Waals surface area contributed by atoms with E-state index in [9.17, 15) is 9.59 Å². The number of esters is 1. The molecular weight excluding hydrogens is 238 g/mol. The van der Waals surface area contributed by atoms with Gasteiger partial charge in [0.15, 0.2) is 0 Å². The summed E-state index contributed by atoms with van der Waals surface area (Å²) in [4.78, 5) is 22.3. The average molecular weight is 252 g/mol. The number of hydrogen-bond donors (Lipinski definition) is 1. The summed E-state index contributed by atoms with van der Waals surface area (Å²) in [5.41, 5.74) is -0.950. The maximum atomic E-state index is 11.1. The molecule has 0 aromatic heterocycles. The van der Waals surface area contributed by atoms with Crippen LogP contribution in [0.5, 0.6) is 0 Å². The second-order valence-corrected chi connectivity index (χ2v) is 3.90. The Hall–Kier alpha value is -0.580. The van der Waals surface area contributed by atoms with E-state index >= 15 is 0 Å². The fraction of sp³-hybridized carbons (Fsp3) is 0.750. The molecule has 0 aliphatic carbocycles. The number of hydrogen-bond acceptors (Lipinski definition) is 3. The molecule has 0 saturated carbocycles. The van der Waals surface area contributed by atoms with Crippen molar-refractivity contribution in [2.24, 2.45) is 0 Å². The lowest BCUT2D eigenvalue weighted by Crippen LogP contribution is -2.50. The predicted octanol–water partition coefficient (Wildman–Crippen LogP) is 0.839. The lowest BCUT2D eigenvalue weighted by molar-refractivity contribution is -0.149. The lowest BCUT2D eigenvalue weighted by Gasteiger charge is -2.22. The first-order valence-corrected chi connectivity index (χ1v) is 5.01. The van der Waals surface area contributed by atoms with Gasteiger partial charge in [-0.25, -0.2) is 4.79 Å². The smallest absolute Gasteiger partial charge is 0.330 e. The topological polar surface area (TPSA) is 55.4 Å². The van der Waals surface area contributed by atoms with Gasteiger partial charge in [0.05, 0.1) is 7.11 Å². The molecule has 0 fully saturated rings. The van der Waals surface area contributed by atoms with Crippen molar-refractivity contribution in [3.05, 3.63) is 0 Å². The summed E-state index contributed by atoms with van der Waals surface area (Å²) in [6, 6.07) is 0. The predicted molar refractivity (Wildman–Crippen MR) is 52.6 cm³/mol. The van der Waals surface area contributed by atoms with Crippen molar-refractivity contribution >= 4 is 27.8 Å². The minimum absolute atomic E-state index is 0.174. The molecule has 0 bridgehead atoms. The van der Waals surface area contributed by atoms with Crippen molar-refractivity contribution in [1.82, 2.24) is 5.32 Å². The molecule has 13 heavy (non-hydrogen) atoms. The minimum atomic E-state index is -0.950. The normalized spacial score (nSPS) is 10.8. The Morgan fingerprint density at radius 3 is 2.38 bits per heavy atom. The molecule has 0 aliphatic rings. The Bertz CT molecular complexity index is 204. The molecule has 0 radical (unpaired) electrons. The number of carbonyl (C=O) groups excluding carboxylic acids is 2. The van der Waals surface area contributed by atoms with Crippen molar-refractivity contribution in [2.45, 2.75) is 25.8 Å². The molecule has 0 rings (SSSR count). The molecule has 76 valence electrons. The van der Waals surface area contributed by atoms with Crippen LogP contribution >= 0.6 is 15.9 Å². The summed E-state index contributed by atoms with van der Waals surface area (Å²) >= 11 is 3.13. The van der Waals surface area contributed by atoms with Crippen LogP contribution in [0.4, 0.5) is 0 Å². The quantitative estimate of drug-likeness (QED) is 0.595. The Kier molecular flexibility index (Phi) is 4.98. The van der Waals surface area contributed by atoms with Gasteiger partial charge in [-0.15, -0.1) is 0 Å². The Morgan fingerprint density at radius 1 is 1.46 bits per heavy atom. The van der Waals surface area contributed by atoms with Crippen LogP contribution in [0.3, 0.4) is 0 Å². The molecule has 0 saturated heterocycles. The highest BCUT2D eigenvalue weighted by Crippen LogP contribution is 2.05. The first kappa shape index (κ1) is 12.4. The molecule has 0 atom stereocenters. The lowest BCUT2D eigenvalue weighted by atomic mass is 10.1. The SMILES string of the molecule is COC(=O)C(C)(C)NC(=O)CCBr. The van der Waals surface area contributed by atoms with Crippen molar-refractivity contribution in [3.8, 4) is 0 Å². The highest BCUT2D eigenvalue weighted by atomic mass is 79.9. The third kappa shape index (κ3) is 4.26. The number of halogens is 1. The molecular formula is C8H14BrNO3. The molecule has 0 aliphatic heterocycles. The maximum absolute atomic E-state index is 11.1. The van der Waals surface area contributed by atoms with Crippen LogP contribution in [0, 0.1) is 0 Å². The number of carbonyl (C=O) groups is 2. The summed E-state index contributed by atoms with van der Waals surface area (Å²) in [5, 5.41) is 3.14. The molecule has 4 nitrogen and oxygen atoms in total. The van der Waals surface area contributed by atoms with Gasteiger partial charge in [-0.05, 0) is 13.8 Å². The molecule has 0 aromatic carbocycles.